The van der Waals surface area contributed by atoms with E-state index >= 15 is 0 Å². The van der Waals surface area contributed by atoms with Crippen molar-refractivity contribution in [1.82, 2.24) is 4.31 Å². The van der Waals surface area contributed by atoms with Gasteiger partial charge in [0, 0.05) is 19.3 Å². The molecule has 30 heavy (non-hydrogen) atoms. The lowest BCUT2D eigenvalue weighted by Crippen LogP contribution is -2.72. The molecule has 0 aromatic rings. The van der Waals surface area contributed by atoms with Crippen molar-refractivity contribution in [2.75, 3.05) is 19.3 Å². The third-order valence-corrected chi connectivity index (χ3v) is 8.37. The largest absolute Gasteiger partial charge is 0.460 e. The summed E-state index contributed by atoms with van der Waals surface area (Å²) in [5.74, 6) is -8.66. The average molecular weight is 495 g/mol. The zero-order valence-corrected chi connectivity index (χ0v) is 18.0. The van der Waals surface area contributed by atoms with Gasteiger partial charge in [-0.1, -0.05) is 9.53 Å². The molecule has 2 N–H and O–H groups in total. The third kappa shape index (κ3) is 4.33. The topological polar surface area (TPSA) is 121 Å². The summed E-state index contributed by atoms with van der Waals surface area (Å²) in [6.45, 7) is 2.92. The molecule has 1 rings (SSSR count). The fourth-order valence-electron chi connectivity index (χ4n) is 2.70. The Bertz CT molecular complexity index is 854. The zero-order valence-electron chi connectivity index (χ0n) is 16.4. The van der Waals surface area contributed by atoms with Crippen LogP contribution in [0.15, 0.2) is 0 Å². The second-order valence-electron chi connectivity index (χ2n) is 8.05. The van der Waals surface area contributed by atoms with E-state index < -0.39 is 79.5 Å². The van der Waals surface area contributed by atoms with Crippen molar-refractivity contribution >= 4 is 25.6 Å². The van der Waals surface area contributed by atoms with E-state index in [1.54, 1.807) is 20.8 Å². The van der Waals surface area contributed by atoms with Gasteiger partial charge in [0.2, 0.25) is 0 Å². The number of piperidine rings is 1. The summed E-state index contributed by atoms with van der Waals surface area (Å²) in [6, 6.07) is 0. The number of carbonyl (C=O) groups is 1. The molecule has 0 saturated carbocycles. The van der Waals surface area contributed by atoms with Gasteiger partial charge in [-0.25, -0.2) is 4.31 Å². The highest BCUT2D eigenvalue weighted by Gasteiger charge is 2.83. The normalized spacial score (nSPS) is 20.5. The molecule has 1 fully saturated rings. The van der Waals surface area contributed by atoms with Crippen molar-refractivity contribution in [2.24, 2.45) is 5.92 Å². The zero-order chi connectivity index (χ0) is 24.2. The van der Waals surface area contributed by atoms with Crippen molar-refractivity contribution in [3.8, 4) is 0 Å². The van der Waals surface area contributed by atoms with Gasteiger partial charge in [0.25, 0.3) is 0 Å². The molecule has 1 aliphatic heterocycles. The van der Waals surface area contributed by atoms with Crippen LogP contribution in [-0.4, -0.2) is 73.4 Å². The van der Waals surface area contributed by atoms with Crippen LogP contribution in [0, 0.1) is 5.92 Å². The standard InChI is InChI=1S/C14H23F6NO7S2/c1-11(2,3)28-10(22)9-5-7-21(8-6-9)30(4,26,27)14(19,20)12(15,16)13(17,18)29(23,24)25/h9H,5-8H2,1-4H3,(H,26,27)(H,23,24,25). The predicted molar refractivity (Wildman–Crippen MR) is 93.2 cm³/mol. The van der Waals surface area contributed by atoms with Crippen molar-refractivity contribution in [2.45, 2.75) is 55.6 Å². The first-order valence-electron chi connectivity index (χ1n) is 8.35. The van der Waals surface area contributed by atoms with Gasteiger partial charge in [0.1, 0.15) is 5.60 Å². The van der Waals surface area contributed by atoms with Crippen LogP contribution in [-0.2, 0) is 29.2 Å². The lowest BCUT2D eigenvalue weighted by atomic mass is 9.98. The van der Waals surface area contributed by atoms with E-state index in [-0.39, 0.29) is 10.6 Å². The lowest BCUT2D eigenvalue weighted by molar-refractivity contribution is -0.250. The Labute approximate surface area is 169 Å². The highest BCUT2D eigenvalue weighted by atomic mass is 32.3. The Kier molecular flexibility index (Phi) is 6.57. The van der Waals surface area contributed by atoms with Gasteiger partial charge in [-0.3, -0.25) is 13.9 Å². The first-order valence-corrected chi connectivity index (χ1v) is 12.1. The number of hydrogen-bond donors (Lipinski definition) is 2. The monoisotopic (exact) mass is 495 g/mol. The summed E-state index contributed by atoms with van der Waals surface area (Å²) in [5.41, 5.74) is -0.900. The summed E-state index contributed by atoms with van der Waals surface area (Å²) < 4.78 is 140. The number of nitrogens with zero attached hydrogens (tertiary/aromatic N) is 1. The van der Waals surface area contributed by atoms with E-state index in [1.165, 1.54) is 0 Å². The van der Waals surface area contributed by atoms with Crippen LogP contribution in [0.3, 0.4) is 0 Å². The number of carbonyl (C=O) groups excluding carboxylic acids is 1. The van der Waals surface area contributed by atoms with Crippen LogP contribution < -0.4 is 0 Å². The SMILES string of the molecule is CC(C)(C)OC(=O)C1CCN(S(C)(=O)(O)C(F)(F)C(F)(F)C(F)(F)S(=O)(=O)O)CC1. The molecule has 8 nitrogen and oxygen atoms in total. The molecule has 1 heterocycles. The van der Waals surface area contributed by atoms with Gasteiger partial charge in [-0.2, -0.15) is 39.0 Å². The van der Waals surface area contributed by atoms with Gasteiger partial charge >= 0.3 is 32.5 Å². The van der Waals surface area contributed by atoms with E-state index in [2.05, 4.69) is 0 Å². The van der Waals surface area contributed by atoms with E-state index in [0.717, 1.165) is 0 Å². The smallest absolute Gasteiger partial charge is 0.439 e. The first kappa shape index (κ1) is 27.1. The number of hydrogen-bond acceptors (Lipinski definition) is 5. The summed E-state index contributed by atoms with van der Waals surface area (Å²) in [4.78, 5) is 12.0. The van der Waals surface area contributed by atoms with Crippen LogP contribution in [0.2, 0.25) is 0 Å². The van der Waals surface area contributed by atoms with Crippen LogP contribution in [0.25, 0.3) is 0 Å². The van der Waals surface area contributed by atoms with Gasteiger partial charge in [-0.05, 0) is 33.6 Å². The summed E-state index contributed by atoms with van der Waals surface area (Å²) in [7, 11) is -14.2. The minimum atomic E-state index is -7.16. The van der Waals surface area contributed by atoms with Gasteiger partial charge in [0.15, 0.2) is 0 Å². The van der Waals surface area contributed by atoms with E-state index in [0.29, 0.717) is 0 Å². The van der Waals surface area contributed by atoms with Gasteiger partial charge in [-0.15, -0.1) is 0 Å². The molecule has 1 saturated heterocycles. The quantitative estimate of drug-likeness (QED) is 0.330. The molecule has 0 atom stereocenters. The number of esters is 1. The fourth-order valence-corrected chi connectivity index (χ4v) is 5.33. The fraction of sp³-hybridized carbons (Fsp3) is 0.929. The maximum absolute atomic E-state index is 14.4. The molecule has 0 aromatic heterocycles. The molecule has 0 aromatic carbocycles. The molecule has 0 bridgehead atoms. The highest BCUT2D eigenvalue weighted by molar-refractivity contribution is 8.13. The van der Waals surface area contributed by atoms with Crippen LogP contribution in [0.1, 0.15) is 33.6 Å². The second kappa shape index (κ2) is 7.28. The molecule has 0 aliphatic carbocycles. The van der Waals surface area contributed by atoms with E-state index in [9.17, 15) is 48.3 Å². The predicted octanol–water partition coefficient (Wildman–Crippen LogP) is 2.59. The van der Waals surface area contributed by atoms with Crippen LogP contribution in [0.5, 0.6) is 0 Å². The third-order valence-electron chi connectivity index (χ3n) is 4.45. The Morgan fingerprint density at radius 1 is 1.07 bits per heavy atom. The number of rotatable bonds is 6. The van der Waals surface area contributed by atoms with Crippen molar-refractivity contribution in [3.05, 3.63) is 0 Å². The molecular formula is C14H23F6NO7S2. The summed E-state index contributed by atoms with van der Waals surface area (Å²) in [5, 5.41) is -13.3. The summed E-state index contributed by atoms with van der Waals surface area (Å²) >= 11 is 0. The Balaban J connectivity index is 3.23. The van der Waals surface area contributed by atoms with Crippen LogP contribution in [0.4, 0.5) is 26.3 Å². The van der Waals surface area contributed by atoms with Gasteiger partial charge < -0.3 is 4.74 Å². The molecule has 0 spiro atoms. The number of ether oxygens (including phenoxy) is 1. The molecule has 180 valence electrons. The molecular weight excluding hydrogens is 472 g/mol. The summed E-state index contributed by atoms with van der Waals surface area (Å²) in [6.07, 6.45) is -1.10. The molecule has 0 radical (unpaired) electrons. The average Bonchev–Trinajstić information content (AvgIpc) is 2.51. The molecule has 0 amide bonds. The first-order chi connectivity index (χ1) is 12.9. The van der Waals surface area contributed by atoms with Crippen molar-refractivity contribution in [3.63, 3.8) is 0 Å². The van der Waals surface area contributed by atoms with Crippen molar-refractivity contribution < 1.29 is 57.6 Å². The highest BCUT2D eigenvalue weighted by Crippen LogP contribution is 2.57. The van der Waals surface area contributed by atoms with E-state index in [1.807, 2.05) is 0 Å². The number of alkyl halides is 6. The maximum Gasteiger partial charge on any atom is 0.439 e. The number of halogens is 6. The molecule has 16 heteroatoms. The molecule has 1 aliphatic rings. The van der Waals surface area contributed by atoms with Crippen LogP contribution >= 0.6 is 0 Å². The minimum Gasteiger partial charge on any atom is -0.460 e. The van der Waals surface area contributed by atoms with Gasteiger partial charge in [0.05, 0.1) is 5.92 Å². The Morgan fingerprint density at radius 3 is 1.80 bits per heavy atom. The van der Waals surface area contributed by atoms with Crippen molar-refractivity contribution in [1.29, 1.82) is 0 Å². The minimum absolute atomic E-state index is 0.0912. The maximum atomic E-state index is 14.4. The molecule has 0 unspecified atom stereocenters. The van der Waals surface area contributed by atoms with E-state index in [4.69, 9.17) is 9.29 Å². The Morgan fingerprint density at radius 2 is 1.47 bits per heavy atom. The second-order valence-corrected chi connectivity index (χ2v) is 13.0. The Hall–Kier alpha value is -0.970. The lowest BCUT2D eigenvalue weighted by Gasteiger charge is -2.55.